The molecule has 2 aromatic heterocycles. The van der Waals surface area contributed by atoms with Crippen molar-refractivity contribution < 1.29 is 14.1 Å². The second-order valence-corrected chi connectivity index (χ2v) is 5.92. The number of amides is 1. The van der Waals surface area contributed by atoms with Crippen molar-refractivity contribution in [3.63, 3.8) is 0 Å². The summed E-state index contributed by atoms with van der Waals surface area (Å²) in [5.74, 6) is 0.258. The lowest BCUT2D eigenvalue weighted by Gasteiger charge is -2.07. The summed E-state index contributed by atoms with van der Waals surface area (Å²) in [7, 11) is 0. The van der Waals surface area contributed by atoms with Crippen molar-refractivity contribution in [2.24, 2.45) is 0 Å². The number of nitrogens with one attached hydrogen (secondary N) is 1. The topological polar surface area (TPSA) is 77.2 Å². The van der Waals surface area contributed by atoms with Crippen LogP contribution in [0.25, 0.3) is 11.5 Å². The second kappa shape index (κ2) is 7.33. The average molecular weight is 309 g/mol. The molecule has 0 spiro atoms. The Kier molecular flexibility index (Phi) is 5.46. The van der Waals surface area contributed by atoms with Crippen molar-refractivity contribution in [1.29, 1.82) is 0 Å². The standard InChI is InChI=1S/C14H19N3O3S/c1-9(2)19-6-4-5-15-14(18)11-7-13(20-17-11)12-8-21-10(3)16-12/h7-9H,4-6H2,1-3H3,(H,15,18). The zero-order valence-corrected chi connectivity index (χ0v) is 13.2. The molecular weight excluding hydrogens is 290 g/mol. The Balaban J connectivity index is 1.82. The zero-order chi connectivity index (χ0) is 15.2. The molecule has 114 valence electrons. The van der Waals surface area contributed by atoms with Gasteiger partial charge in [-0.15, -0.1) is 11.3 Å². The number of aryl methyl sites for hydroxylation is 1. The first-order valence-electron chi connectivity index (χ1n) is 6.85. The van der Waals surface area contributed by atoms with E-state index in [1.807, 2.05) is 26.2 Å². The maximum atomic E-state index is 11.9. The minimum Gasteiger partial charge on any atom is -0.379 e. The number of hydrogen-bond acceptors (Lipinski definition) is 6. The smallest absolute Gasteiger partial charge is 0.273 e. The maximum Gasteiger partial charge on any atom is 0.273 e. The molecule has 0 fully saturated rings. The third-order valence-corrected chi connectivity index (χ3v) is 3.45. The number of aromatic nitrogens is 2. The maximum absolute atomic E-state index is 11.9. The Bertz CT molecular complexity index is 592. The predicted molar refractivity (Wildman–Crippen MR) is 80.4 cm³/mol. The highest BCUT2D eigenvalue weighted by Gasteiger charge is 2.14. The summed E-state index contributed by atoms with van der Waals surface area (Å²) in [6.45, 7) is 7.05. The summed E-state index contributed by atoms with van der Waals surface area (Å²) < 4.78 is 10.6. The average Bonchev–Trinajstić information content (AvgIpc) is 3.06. The van der Waals surface area contributed by atoms with Gasteiger partial charge in [0.25, 0.3) is 5.91 Å². The summed E-state index contributed by atoms with van der Waals surface area (Å²) in [5, 5.41) is 9.38. The van der Waals surface area contributed by atoms with E-state index >= 15 is 0 Å². The number of nitrogens with zero attached hydrogens (tertiary/aromatic N) is 2. The molecule has 0 saturated heterocycles. The van der Waals surface area contributed by atoms with Gasteiger partial charge in [-0.2, -0.15) is 0 Å². The normalized spacial score (nSPS) is 11.0. The molecular formula is C14H19N3O3S. The van der Waals surface area contributed by atoms with E-state index in [-0.39, 0.29) is 17.7 Å². The third kappa shape index (κ3) is 4.64. The summed E-state index contributed by atoms with van der Waals surface area (Å²) in [6, 6.07) is 1.61. The van der Waals surface area contributed by atoms with Crippen molar-refractivity contribution in [3.05, 3.63) is 22.1 Å². The molecule has 0 bridgehead atoms. The van der Waals surface area contributed by atoms with E-state index in [0.717, 1.165) is 11.4 Å². The monoisotopic (exact) mass is 309 g/mol. The molecule has 1 N–H and O–H groups in total. The zero-order valence-electron chi connectivity index (χ0n) is 12.4. The van der Waals surface area contributed by atoms with E-state index in [1.54, 1.807) is 6.07 Å². The molecule has 0 aromatic carbocycles. The van der Waals surface area contributed by atoms with Gasteiger partial charge >= 0.3 is 0 Å². The quantitative estimate of drug-likeness (QED) is 0.796. The minimum absolute atomic E-state index is 0.209. The van der Waals surface area contributed by atoms with Crippen LogP contribution < -0.4 is 5.32 Å². The van der Waals surface area contributed by atoms with Gasteiger partial charge < -0.3 is 14.6 Å². The second-order valence-electron chi connectivity index (χ2n) is 4.86. The highest BCUT2D eigenvalue weighted by atomic mass is 32.1. The highest BCUT2D eigenvalue weighted by molar-refractivity contribution is 7.09. The van der Waals surface area contributed by atoms with Crippen LogP contribution in [0.4, 0.5) is 0 Å². The Morgan fingerprint density at radius 2 is 2.33 bits per heavy atom. The summed E-state index contributed by atoms with van der Waals surface area (Å²) in [6.07, 6.45) is 0.972. The van der Waals surface area contributed by atoms with E-state index in [4.69, 9.17) is 9.26 Å². The van der Waals surface area contributed by atoms with Gasteiger partial charge in [-0.05, 0) is 27.2 Å². The van der Waals surface area contributed by atoms with Crippen LogP contribution in [-0.2, 0) is 4.74 Å². The molecule has 0 aliphatic heterocycles. The number of rotatable bonds is 7. The molecule has 2 rings (SSSR count). The number of carbonyl (C=O) groups is 1. The van der Waals surface area contributed by atoms with Crippen molar-refractivity contribution in [2.45, 2.75) is 33.3 Å². The van der Waals surface area contributed by atoms with E-state index in [9.17, 15) is 4.79 Å². The van der Waals surface area contributed by atoms with Gasteiger partial charge in [0.15, 0.2) is 11.5 Å². The third-order valence-electron chi connectivity index (χ3n) is 2.67. The molecule has 0 aliphatic carbocycles. The van der Waals surface area contributed by atoms with Crippen LogP contribution in [-0.4, -0.2) is 35.3 Å². The van der Waals surface area contributed by atoms with Gasteiger partial charge in [-0.1, -0.05) is 5.16 Å². The molecule has 21 heavy (non-hydrogen) atoms. The van der Waals surface area contributed by atoms with Gasteiger partial charge in [0.05, 0.1) is 11.1 Å². The van der Waals surface area contributed by atoms with Crippen LogP contribution >= 0.6 is 11.3 Å². The fourth-order valence-corrected chi connectivity index (χ4v) is 2.27. The lowest BCUT2D eigenvalue weighted by molar-refractivity contribution is 0.0756. The fourth-order valence-electron chi connectivity index (χ4n) is 1.66. The molecule has 0 aliphatic rings. The van der Waals surface area contributed by atoms with Gasteiger partial charge in [0, 0.05) is 24.6 Å². The molecule has 0 unspecified atom stereocenters. The van der Waals surface area contributed by atoms with Crippen LogP contribution in [0, 0.1) is 6.92 Å². The highest BCUT2D eigenvalue weighted by Crippen LogP contribution is 2.22. The first-order valence-corrected chi connectivity index (χ1v) is 7.73. The molecule has 0 atom stereocenters. The van der Waals surface area contributed by atoms with Gasteiger partial charge in [0.2, 0.25) is 0 Å². The lowest BCUT2D eigenvalue weighted by atomic mass is 10.3. The number of thiazole rings is 1. The van der Waals surface area contributed by atoms with Gasteiger partial charge in [-0.3, -0.25) is 4.79 Å². The van der Waals surface area contributed by atoms with Crippen LogP contribution in [0.1, 0.15) is 35.8 Å². The SMILES string of the molecule is Cc1nc(-c2cc(C(=O)NCCCOC(C)C)no2)cs1. The summed E-state index contributed by atoms with van der Waals surface area (Å²) in [4.78, 5) is 16.2. The molecule has 2 heterocycles. The van der Waals surface area contributed by atoms with Gasteiger partial charge in [-0.25, -0.2) is 4.98 Å². The Morgan fingerprint density at radius 3 is 3.00 bits per heavy atom. The van der Waals surface area contributed by atoms with Crippen LogP contribution in [0.3, 0.4) is 0 Å². The minimum atomic E-state index is -0.249. The molecule has 1 amide bonds. The first-order chi connectivity index (χ1) is 10.1. The lowest BCUT2D eigenvalue weighted by Crippen LogP contribution is -2.25. The van der Waals surface area contributed by atoms with Gasteiger partial charge in [0.1, 0.15) is 5.69 Å². The Labute approximate surface area is 127 Å². The summed E-state index contributed by atoms with van der Waals surface area (Å²) in [5.41, 5.74) is 0.967. The van der Waals surface area contributed by atoms with Crippen LogP contribution in [0.2, 0.25) is 0 Å². The van der Waals surface area contributed by atoms with Crippen molar-refractivity contribution in [2.75, 3.05) is 13.2 Å². The van der Waals surface area contributed by atoms with Crippen molar-refractivity contribution >= 4 is 17.2 Å². The fraction of sp³-hybridized carbons (Fsp3) is 0.500. The van der Waals surface area contributed by atoms with E-state index < -0.39 is 0 Å². The Hall–Kier alpha value is -1.73. The van der Waals surface area contributed by atoms with Crippen molar-refractivity contribution in [3.8, 4) is 11.5 Å². The van der Waals surface area contributed by atoms with Crippen molar-refractivity contribution in [1.82, 2.24) is 15.5 Å². The van der Waals surface area contributed by atoms with E-state index in [1.165, 1.54) is 11.3 Å². The molecule has 2 aromatic rings. The number of hydrogen-bond donors (Lipinski definition) is 1. The predicted octanol–water partition coefficient (Wildman–Crippen LogP) is 2.65. The van der Waals surface area contributed by atoms with Crippen LogP contribution in [0.15, 0.2) is 16.0 Å². The molecule has 7 heteroatoms. The first kappa shape index (κ1) is 15.7. The molecule has 0 radical (unpaired) electrons. The van der Waals surface area contributed by atoms with E-state index in [2.05, 4.69) is 15.5 Å². The molecule has 6 nitrogen and oxygen atoms in total. The Morgan fingerprint density at radius 1 is 1.52 bits per heavy atom. The van der Waals surface area contributed by atoms with E-state index in [0.29, 0.717) is 24.6 Å². The number of ether oxygens (including phenoxy) is 1. The van der Waals surface area contributed by atoms with Crippen LogP contribution in [0.5, 0.6) is 0 Å². The largest absolute Gasteiger partial charge is 0.379 e. The molecule has 0 saturated carbocycles. The number of carbonyl (C=O) groups excluding carboxylic acids is 1. The summed E-state index contributed by atoms with van der Waals surface area (Å²) >= 11 is 1.53.